The number of carboxylic acids is 1. The molecule has 0 aliphatic heterocycles. The maximum atomic E-state index is 12.4. The highest BCUT2D eigenvalue weighted by atomic mass is 19.4. The maximum Gasteiger partial charge on any atom is 0.422 e. The molecule has 0 spiro atoms. The van der Waals surface area contributed by atoms with Crippen LogP contribution < -0.4 is 4.74 Å². The van der Waals surface area contributed by atoms with E-state index in [1.165, 1.54) is 6.07 Å². The number of aryl methyl sites for hydroxylation is 2. The van der Waals surface area contributed by atoms with Crippen molar-refractivity contribution in [1.82, 2.24) is 4.98 Å². The highest BCUT2D eigenvalue weighted by molar-refractivity contribution is 5.88. The van der Waals surface area contributed by atoms with Gasteiger partial charge in [0.1, 0.15) is 11.4 Å². The number of pyridine rings is 1. The van der Waals surface area contributed by atoms with E-state index in [1.54, 1.807) is 18.2 Å². The average Bonchev–Trinajstić information content (AvgIpc) is 2.47. The molecule has 0 aliphatic carbocycles. The minimum absolute atomic E-state index is 0.115. The maximum absolute atomic E-state index is 12.4. The molecule has 1 N–H and O–H groups in total. The van der Waals surface area contributed by atoms with Crippen LogP contribution in [0.4, 0.5) is 13.2 Å². The Balaban J connectivity index is 2.49. The van der Waals surface area contributed by atoms with Crippen molar-refractivity contribution in [2.75, 3.05) is 6.61 Å². The van der Waals surface area contributed by atoms with Crippen molar-refractivity contribution in [2.45, 2.75) is 20.0 Å². The van der Waals surface area contributed by atoms with Crippen LogP contribution in [-0.4, -0.2) is 28.8 Å². The van der Waals surface area contributed by atoms with Crippen LogP contribution in [0.3, 0.4) is 0 Å². The fraction of sp³-hybridized carbons (Fsp3) is 0.250. The second-order valence-electron chi connectivity index (χ2n) is 5.07. The summed E-state index contributed by atoms with van der Waals surface area (Å²) in [4.78, 5) is 14.7. The molecule has 23 heavy (non-hydrogen) atoms. The summed E-state index contributed by atoms with van der Waals surface area (Å²) in [6.45, 7) is 2.28. The highest BCUT2D eigenvalue weighted by Crippen LogP contribution is 2.32. The van der Waals surface area contributed by atoms with Gasteiger partial charge >= 0.3 is 12.1 Å². The molecule has 0 unspecified atom stereocenters. The summed E-state index contributed by atoms with van der Waals surface area (Å²) in [5.41, 5.74) is 2.49. The van der Waals surface area contributed by atoms with E-state index in [2.05, 4.69) is 4.98 Å². The quantitative estimate of drug-likeness (QED) is 0.923. The van der Waals surface area contributed by atoms with Gasteiger partial charge in [-0.25, -0.2) is 9.78 Å². The molecule has 1 aromatic carbocycles. The van der Waals surface area contributed by atoms with Crippen molar-refractivity contribution in [3.05, 3.63) is 47.3 Å². The Bertz CT molecular complexity index is 742. The number of aromatic carboxylic acids is 1. The Labute approximate surface area is 130 Å². The second-order valence-corrected chi connectivity index (χ2v) is 5.07. The minimum Gasteiger partial charge on any atom is -0.482 e. The van der Waals surface area contributed by atoms with Crippen molar-refractivity contribution in [1.29, 1.82) is 0 Å². The Morgan fingerprint density at radius 3 is 2.48 bits per heavy atom. The summed E-state index contributed by atoms with van der Waals surface area (Å²) >= 11 is 0. The van der Waals surface area contributed by atoms with E-state index in [-0.39, 0.29) is 17.0 Å². The molecule has 1 aromatic heterocycles. The zero-order valence-electron chi connectivity index (χ0n) is 12.4. The van der Waals surface area contributed by atoms with E-state index in [9.17, 15) is 18.0 Å². The summed E-state index contributed by atoms with van der Waals surface area (Å²) in [6, 6.07) is 6.47. The molecule has 1 heterocycles. The zero-order chi connectivity index (χ0) is 17.2. The third-order valence-electron chi connectivity index (χ3n) is 3.30. The van der Waals surface area contributed by atoms with Gasteiger partial charge in [-0.15, -0.1) is 0 Å². The van der Waals surface area contributed by atoms with Crippen molar-refractivity contribution in [2.24, 2.45) is 0 Å². The Morgan fingerprint density at radius 2 is 1.91 bits per heavy atom. The summed E-state index contributed by atoms with van der Waals surface area (Å²) in [5.74, 6) is -1.38. The zero-order valence-corrected chi connectivity index (χ0v) is 12.4. The molecular formula is C16H14F3NO3. The number of carboxylic acid groups (broad SMARTS) is 1. The molecule has 0 saturated carbocycles. The molecule has 0 amide bonds. The standard InChI is InChI=1S/C16H14F3NO3/c1-9-3-4-11(5-10(9)2)12-6-13(15(21)22)20-7-14(12)23-8-16(17,18)19/h3-7H,8H2,1-2H3,(H,21,22). The molecule has 4 nitrogen and oxygen atoms in total. The van der Waals surface area contributed by atoms with E-state index < -0.39 is 18.8 Å². The molecule has 0 radical (unpaired) electrons. The van der Waals surface area contributed by atoms with Gasteiger partial charge in [-0.05, 0) is 36.6 Å². The number of nitrogens with zero attached hydrogens (tertiary/aromatic N) is 1. The van der Waals surface area contributed by atoms with Gasteiger partial charge in [0.2, 0.25) is 0 Å². The van der Waals surface area contributed by atoms with Crippen molar-refractivity contribution >= 4 is 5.97 Å². The molecule has 2 rings (SSSR count). The number of alkyl halides is 3. The number of halogens is 3. The van der Waals surface area contributed by atoms with E-state index >= 15 is 0 Å². The number of benzene rings is 1. The van der Waals surface area contributed by atoms with Crippen molar-refractivity contribution < 1.29 is 27.8 Å². The minimum atomic E-state index is -4.49. The molecule has 0 aliphatic rings. The van der Waals surface area contributed by atoms with Gasteiger partial charge in [0.15, 0.2) is 6.61 Å². The lowest BCUT2D eigenvalue weighted by atomic mass is 10.00. The largest absolute Gasteiger partial charge is 0.482 e. The lowest BCUT2D eigenvalue weighted by Gasteiger charge is -2.14. The molecule has 0 atom stereocenters. The fourth-order valence-corrected chi connectivity index (χ4v) is 1.97. The Hall–Kier alpha value is -2.57. The monoisotopic (exact) mass is 325 g/mol. The first-order valence-electron chi connectivity index (χ1n) is 6.68. The van der Waals surface area contributed by atoms with Crippen LogP contribution >= 0.6 is 0 Å². The van der Waals surface area contributed by atoms with E-state index in [1.807, 2.05) is 13.8 Å². The van der Waals surface area contributed by atoms with Gasteiger partial charge in [0.05, 0.1) is 6.20 Å². The number of hydrogen-bond acceptors (Lipinski definition) is 3. The van der Waals surface area contributed by atoms with Crippen molar-refractivity contribution in [3.8, 4) is 16.9 Å². The van der Waals surface area contributed by atoms with Gasteiger partial charge in [-0.1, -0.05) is 18.2 Å². The summed E-state index contributed by atoms with van der Waals surface area (Å²) < 4.78 is 41.9. The predicted octanol–water partition coefficient (Wildman–Crippen LogP) is 4.00. The summed E-state index contributed by atoms with van der Waals surface area (Å²) in [7, 11) is 0. The SMILES string of the molecule is Cc1ccc(-c2cc(C(=O)O)ncc2OCC(F)(F)F)cc1C. The molecule has 122 valence electrons. The third-order valence-corrected chi connectivity index (χ3v) is 3.30. The molecule has 0 bridgehead atoms. The van der Waals surface area contributed by atoms with Gasteiger partial charge in [0, 0.05) is 5.56 Å². The predicted molar refractivity (Wildman–Crippen MR) is 77.7 cm³/mol. The summed E-state index contributed by atoms with van der Waals surface area (Å²) in [5, 5.41) is 9.02. The van der Waals surface area contributed by atoms with Crippen LogP contribution in [0.2, 0.25) is 0 Å². The number of carbonyl (C=O) groups is 1. The topological polar surface area (TPSA) is 59.4 Å². The Morgan fingerprint density at radius 1 is 1.22 bits per heavy atom. The first-order chi connectivity index (χ1) is 10.7. The van der Waals surface area contributed by atoms with Crippen molar-refractivity contribution in [3.63, 3.8) is 0 Å². The highest BCUT2D eigenvalue weighted by Gasteiger charge is 2.29. The first-order valence-corrected chi connectivity index (χ1v) is 6.68. The van der Waals surface area contributed by atoms with E-state index in [0.29, 0.717) is 5.56 Å². The second kappa shape index (κ2) is 6.28. The average molecular weight is 325 g/mol. The lowest BCUT2D eigenvalue weighted by Crippen LogP contribution is -2.19. The smallest absolute Gasteiger partial charge is 0.422 e. The summed E-state index contributed by atoms with van der Waals surface area (Å²) in [6.07, 6.45) is -3.49. The van der Waals surface area contributed by atoms with Crippen LogP contribution in [0.25, 0.3) is 11.1 Å². The lowest BCUT2D eigenvalue weighted by molar-refractivity contribution is -0.153. The first kappa shape index (κ1) is 16.8. The number of rotatable bonds is 4. The van der Waals surface area contributed by atoms with Gasteiger partial charge < -0.3 is 9.84 Å². The number of aromatic nitrogens is 1. The van der Waals surface area contributed by atoms with Gasteiger partial charge in [-0.2, -0.15) is 13.2 Å². The number of ether oxygens (including phenoxy) is 1. The van der Waals surface area contributed by atoms with Crippen LogP contribution in [0.15, 0.2) is 30.5 Å². The molecule has 2 aromatic rings. The molecule has 7 heteroatoms. The van der Waals surface area contributed by atoms with Crippen LogP contribution in [0.5, 0.6) is 5.75 Å². The molecule has 0 saturated heterocycles. The van der Waals surface area contributed by atoms with Crippen LogP contribution in [0.1, 0.15) is 21.6 Å². The molecular weight excluding hydrogens is 311 g/mol. The van der Waals surface area contributed by atoms with Gasteiger partial charge in [0.25, 0.3) is 0 Å². The fourth-order valence-electron chi connectivity index (χ4n) is 1.97. The third kappa shape index (κ3) is 4.21. The molecule has 0 fully saturated rings. The van der Waals surface area contributed by atoms with Crippen LogP contribution in [-0.2, 0) is 0 Å². The Kier molecular flexibility index (Phi) is 4.58. The van der Waals surface area contributed by atoms with Gasteiger partial charge in [-0.3, -0.25) is 0 Å². The number of hydrogen-bond donors (Lipinski definition) is 1. The normalized spacial score (nSPS) is 11.3. The van der Waals surface area contributed by atoms with E-state index in [4.69, 9.17) is 9.84 Å². The van der Waals surface area contributed by atoms with Crippen LogP contribution in [0, 0.1) is 13.8 Å². The van der Waals surface area contributed by atoms with E-state index in [0.717, 1.165) is 17.3 Å².